The van der Waals surface area contributed by atoms with Crippen molar-refractivity contribution in [3.05, 3.63) is 53.5 Å². The molecule has 0 aliphatic rings. The number of amides is 1. The predicted molar refractivity (Wildman–Crippen MR) is 83.1 cm³/mol. The van der Waals surface area contributed by atoms with E-state index < -0.39 is 11.4 Å². The van der Waals surface area contributed by atoms with Crippen LogP contribution < -0.4 is 5.32 Å². The van der Waals surface area contributed by atoms with Crippen LogP contribution in [0.15, 0.2) is 40.8 Å². The zero-order chi connectivity index (χ0) is 16.3. The number of aryl methyl sites for hydroxylation is 1. The van der Waals surface area contributed by atoms with Crippen molar-refractivity contribution in [2.45, 2.75) is 32.6 Å². The third kappa shape index (κ3) is 3.19. The maximum atomic E-state index is 12.0. The minimum atomic E-state index is -0.973. The number of aliphatic carboxylic acids is 1. The van der Waals surface area contributed by atoms with Gasteiger partial charge in [-0.1, -0.05) is 19.1 Å². The van der Waals surface area contributed by atoms with E-state index in [1.807, 2.05) is 6.92 Å². The number of carbonyl (C=O) groups excluding carboxylic acids is 1. The molecule has 0 spiro atoms. The monoisotopic (exact) mass is 301 g/mol. The number of rotatable bonds is 5. The maximum absolute atomic E-state index is 12.0. The van der Waals surface area contributed by atoms with Crippen LogP contribution in [-0.2, 0) is 16.6 Å². The Balaban J connectivity index is 2.11. The van der Waals surface area contributed by atoms with Gasteiger partial charge in [-0.2, -0.15) is 0 Å². The minimum absolute atomic E-state index is 0.256. The molecule has 116 valence electrons. The van der Waals surface area contributed by atoms with Crippen LogP contribution in [0.3, 0.4) is 0 Å². The molecule has 0 unspecified atom stereocenters. The van der Waals surface area contributed by atoms with Crippen LogP contribution in [0.5, 0.6) is 0 Å². The highest BCUT2D eigenvalue weighted by Crippen LogP contribution is 2.25. The Kier molecular flexibility index (Phi) is 4.35. The zero-order valence-corrected chi connectivity index (χ0v) is 12.8. The second-order valence-corrected chi connectivity index (χ2v) is 5.58. The second kappa shape index (κ2) is 6.05. The number of carboxylic acids is 1. The molecule has 5 nitrogen and oxygen atoms in total. The van der Waals surface area contributed by atoms with Gasteiger partial charge in [-0.3, -0.25) is 9.59 Å². The van der Waals surface area contributed by atoms with Crippen molar-refractivity contribution in [2.24, 2.45) is 0 Å². The van der Waals surface area contributed by atoms with E-state index in [9.17, 15) is 14.7 Å². The number of anilines is 1. The Morgan fingerprint density at radius 3 is 2.27 bits per heavy atom. The Morgan fingerprint density at radius 2 is 1.77 bits per heavy atom. The summed E-state index contributed by atoms with van der Waals surface area (Å²) in [6, 6.07) is 10.2. The lowest BCUT2D eigenvalue weighted by Crippen LogP contribution is -2.28. The molecule has 0 radical (unpaired) electrons. The molecule has 2 rings (SSSR count). The summed E-state index contributed by atoms with van der Waals surface area (Å²) in [6.45, 7) is 5.22. The quantitative estimate of drug-likeness (QED) is 0.886. The van der Waals surface area contributed by atoms with Crippen molar-refractivity contribution in [3.63, 3.8) is 0 Å². The molecule has 22 heavy (non-hydrogen) atoms. The van der Waals surface area contributed by atoms with Crippen LogP contribution in [-0.4, -0.2) is 17.0 Å². The standard InChI is InChI=1S/C17H19NO4/c1-4-13-9-10-14(22-13)15(19)18-12-7-5-11(6-8-12)17(2,3)16(20)21/h5-10H,4H2,1-3H3,(H,18,19)(H,20,21). The first kappa shape index (κ1) is 15.8. The lowest BCUT2D eigenvalue weighted by Gasteiger charge is -2.19. The number of furan rings is 1. The van der Waals surface area contributed by atoms with E-state index in [-0.39, 0.29) is 11.7 Å². The number of nitrogens with one attached hydrogen (secondary N) is 1. The molecular formula is C17H19NO4. The van der Waals surface area contributed by atoms with E-state index in [1.165, 1.54) is 0 Å². The van der Waals surface area contributed by atoms with E-state index in [0.717, 1.165) is 12.2 Å². The summed E-state index contributed by atoms with van der Waals surface area (Å²) in [6.07, 6.45) is 0.728. The SMILES string of the molecule is CCc1ccc(C(=O)Nc2ccc(C(C)(C)C(=O)O)cc2)o1. The molecule has 5 heteroatoms. The summed E-state index contributed by atoms with van der Waals surface area (Å²) in [5.74, 6) is -0.215. The van der Waals surface area contributed by atoms with Crippen molar-refractivity contribution in [1.82, 2.24) is 0 Å². The Morgan fingerprint density at radius 1 is 1.14 bits per heavy atom. The maximum Gasteiger partial charge on any atom is 0.313 e. The number of hydrogen-bond acceptors (Lipinski definition) is 3. The summed E-state index contributed by atoms with van der Waals surface area (Å²) < 4.78 is 5.39. The first-order chi connectivity index (χ1) is 10.3. The highest BCUT2D eigenvalue weighted by atomic mass is 16.4. The van der Waals surface area contributed by atoms with Gasteiger partial charge in [0.1, 0.15) is 5.76 Å². The van der Waals surface area contributed by atoms with E-state index in [4.69, 9.17) is 4.42 Å². The topological polar surface area (TPSA) is 79.5 Å². The van der Waals surface area contributed by atoms with Crippen LogP contribution >= 0.6 is 0 Å². The van der Waals surface area contributed by atoms with Gasteiger partial charge in [0.05, 0.1) is 5.41 Å². The van der Waals surface area contributed by atoms with Crippen LogP contribution in [0.1, 0.15) is 42.6 Å². The first-order valence-corrected chi connectivity index (χ1v) is 7.08. The minimum Gasteiger partial charge on any atom is -0.481 e. The molecule has 0 saturated heterocycles. The van der Waals surface area contributed by atoms with Crippen LogP contribution in [0.4, 0.5) is 5.69 Å². The van der Waals surface area contributed by atoms with Gasteiger partial charge in [-0.05, 0) is 43.7 Å². The molecule has 2 N–H and O–H groups in total. The molecule has 0 saturated carbocycles. The predicted octanol–water partition coefficient (Wildman–Crippen LogP) is 3.46. The largest absolute Gasteiger partial charge is 0.481 e. The Hall–Kier alpha value is -2.56. The number of carboxylic acid groups (broad SMARTS) is 1. The van der Waals surface area contributed by atoms with Crippen molar-refractivity contribution in [1.29, 1.82) is 0 Å². The molecular weight excluding hydrogens is 282 g/mol. The van der Waals surface area contributed by atoms with Crippen molar-refractivity contribution in [2.75, 3.05) is 5.32 Å². The number of carbonyl (C=O) groups is 2. The van der Waals surface area contributed by atoms with Crippen molar-refractivity contribution >= 4 is 17.6 Å². The third-order valence-electron chi connectivity index (χ3n) is 3.63. The zero-order valence-electron chi connectivity index (χ0n) is 12.8. The molecule has 0 fully saturated rings. The molecule has 0 aliphatic carbocycles. The van der Waals surface area contributed by atoms with Crippen LogP contribution in [0.25, 0.3) is 0 Å². The first-order valence-electron chi connectivity index (χ1n) is 7.08. The lowest BCUT2D eigenvalue weighted by molar-refractivity contribution is -0.142. The molecule has 1 heterocycles. The van der Waals surface area contributed by atoms with E-state index >= 15 is 0 Å². The van der Waals surface area contributed by atoms with E-state index in [0.29, 0.717) is 11.3 Å². The van der Waals surface area contributed by atoms with Gasteiger partial charge in [0.15, 0.2) is 5.76 Å². The van der Waals surface area contributed by atoms with Gasteiger partial charge in [0, 0.05) is 12.1 Å². The smallest absolute Gasteiger partial charge is 0.313 e. The molecule has 1 aromatic heterocycles. The van der Waals surface area contributed by atoms with E-state index in [2.05, 4.69) is 5.32 Å². The fourth-order valence-corrected chi connectivity index (χ4v) is 1.98. The second-order valence-electron chi connectivity index (χ2n) is 5.58. The lowest BCUT2D eigenvalue weighted by atomic mass is 9.85. The Bertz CT molecular complexity index is 683. The average Bonchev–Trinajstić information content (AvgIpc) is 2.96. The summed E-state index contributed by atoms with van der Waals surface area (Å²) in [7, 11) is 0. The molecule has 2 aromatic rings. The summed E-state index contributed by atoms with van der Waals surface area (Å²) in [5.41, 5.74) is 0.285. The van der Waals surface area contributed by atoms with Gasteiger partial charge in [0.25, 0.3) is 5.91 Å². The average molecular weight is 301 g/mol. The van der Waals surface area contributed by atoms with Crippen LogP contribution in [0.2, 0.25) is 0 Å². The van der Waals surface area contributed by atoms with Gasteiger partial charge in [-0.25, -0.2) is 0 Å². The Labute approximate surface area is 129 Å². The van der Waals surface area contributed by atoms with Crippen LogP contribution in [0, 0.1) is 0 Å². The molecule has 0 bridgehead atoms. The van der Waals surface area contributed by atoms with Gasteiger partial charge < -0.3 is 14.8 Å². The normalized spacial score (nSPS) is 11.2. The van der Waals surface area contributed by atoms with Crippen molar-refractivity contribution < 1.29 is 19.1 Å². The molecule has 0 aliphatic heterocycles. The number of benzene rings is 1. The summed E-state index contributed by atoms with van der Waals surface area (Å²) in [5, 5.41) is 11.9. The fourth-order valence-electron chi connectivity index (χ4n) is 1.98. The number of hydrogen-bond donors (Lipinski definition) is 2. The van der Waals surface area contributed by atoms with E-state index in [1.54, 1.807) is 50.2 Å². The molecule has 1 amide bonds. The molecule has 0 atom stereocenters. The van der Waals surface area contributed by atoms with Crippen molar-refractivity contribution in [3.8, 4) is 0 Å². The molecule has 1 aromatic carbocycles. The van der Waals surface area contributed by atoms with Gasteiger partial charge in [-0.15, -0.1) is 0 Å². The fraction of sp³-hybridized carbons (Fsp3) is 0.294. The summed E-state index contributed by atoms with van der Waals surface area (Å²) in [4.78, 5) is 23.3. The van der Waals surface area contributed by atoms with Gasteiger partial charge >= 0.3 is 5.97 Å². The highest BCUT2D eigenvalue weighted by Gasteiger charge is 2.29. The van der Waals surface area contributed by atoms with Gasteiger partial charge in [0.2, 0.25) is 0 Å². The third-order valence-corrected chi connectivity index (χ3v) is 3.63. The highest BCUT2D eigenvalue weighted by molar-refractivity contribution is 6.02. The summed E-state index contributed by atoms with van der Waals surface area (Å²) >= 11 is 0.